The van der Waals surface area contributed by atoms with Crippen LogP contribution < -0.4 is 5.32 Å². The van der Waals surface area contributed by atoms with Gasteiger partial charge in [0.25, 0.3) is 5.91 Å². The number of morpholine rings is 1. The lowest BCUT2D eigenvalue weighted by Crippen LogP contribution is -2.43. The van der Waals surface area contributed by atoms with Gasteiger partial charge in [0.1, 0.15) is 0 Å². The summed E-state index contributed by atoms with van der Waals surface area (Å²) in [5, 5.41) is 3.13. The molecule has 5 nitrogen and oxygen atoms in total. The molecule has 0 radical (unpaired) electrons. The highest BCUT2D eigenvalue weighted by molar-refractivity contribution is 7.16. The molecule has 1 aliphatic heterocycles. The molecule has 0 bridgehead atoms. The van der Waals surface area contributed by atoms with Gasteiger partial charge in [0.05, 0.1) is 35.0 Å². The number of thiophene rings is 1. The van der Waals surface area contributed by atoms with Gasteiger partial charge in [0.15, 0.2) is 0 Å². The first-order chi connectivity index (χ1) is 12.7. The number of hydrogen-bond acceptors (Lipinski definition) is 6. The van der Waals surface area contributed by atoms with Gasteiger partial charge < -0.3 is 10.1 Å². The Morgan fingerprint density at radius 3 is 2.92 bits per heavy atom. The van der Waals surface area contributed by atoms with Crippen molar-refractivity contribution in [1.82, 2.24) is 15.2 Å². The Hall–Kier alpha value is -1.80. The van der Waals surface area contributed by atoms with Crippen LogP contribution in [0, 0.1) is 6.92 Å². The smallest absolute Gasteiger partial charge is 0.251 e. The van der Waals surface area contributed by atoms with Gasteiger partial charge in [0, 0.05) is 35.0 Å². The fourth-order valence-electron chi connectivity index (χ4n) is 3.22. The normalized spacial score (nSPS) is 16.7. The minimum Gasteiger partial charge on any atom is -0.379 e. The predicted octanol–water partition coefficient (Wildman–Crippen LogP) is 3.47. The lowest BCUT2D eigenvalue weighted by Gasteiger charge is -2.34. The number of amides is 1. The summed E-state index contributed by atoms with van der Waals surface area (Å²) >= 11 is 3.35. The van der Waals surface area contributed by atoms with Crippen molar-refractivity contribution in [1.29, 1.82) is 0 Å². The number of thiazole rings is 1. The standard InChI is InChI=1S/C19H21N3O2S2/c1-13-2-5-17(26-13)16(22-6-8-24-9-7-22)11-20-19(23)14-3-4-15-18(10-14)25-12-21-15/h2-5,10,12,16H,6-9,11H2,1H3,(H,20,23). The maximum atomic E-state index is 12.7. The Morgan fingerprint density at radius 2 is 2.15 bits per heavy atom. The van der Waals surface area contributed by atoms with Gasteiger partial charge in [0.2, 0.25) is 0 Å². The van der Waals surface area contributed by atoms with Crippen molar-refractivity contribution in [3.63, 3.8) is 0 Å². The molecule has 1 aromatic carbocycles. The van der Waals surface area contributed by atoms with E-state index in [-0.39, 0.29) is 11.9 Å². The quantitative estimate of drug-likeness (QED) is 0.728. The van der Waals surface area contributed by atoms with E-state index in [2.05, 4.69) is 34.3 Å². The number of benzene rings is 1. The lowest BCUT2D eigenvalue weighted by molar-refractivity contribution is 0.0169. The molecular formula is C19H21N3O2S2. The highest BCUT2D eigenvalue weighted by Gasteiger charge is 2.24. The van der Waals surface area contributed by atoms with Crippen molar-refractivity contribution in [3.8, 4) is 0 Å². The molecule has 3 heterocycles. The van der Waals surface area contributed by atoms with Gasteiger partial charge >= 0.3 is 0 Å². The number of aryl methyl sites for hydroxylation is 1. The van der Waals surface area contributed by atoms with Crippen molar-refractivity contribution in [2.24, 2.45) is 0 Å². The molecule has 3 aromatic rings. The Labute approximate surface area is 160 Å². The minimum absolute atomic E-state index is 0.0353. The second-order valence-electron chi connectivity index (χ2n) is 6.36. The number of carbonyl (C=O) groups is 1. The van der Waals surface area contributed by atoms with Crippen LogP contribution in [-0.2, 0) is 4.74 Å². The van der Waals surface area contributed by atoms with Crippen LogP contribution in [0.1, 0.15) is 26.2 Å². The van der Waals surface area contributed by atoms with E-state index in [0.717, 1.165) is 36.5 Å². The molecule has 0 saturated carbocycles. The maximum absolute atomic E-state index is 12.7. The van der Waals surface area contributed by atoms with Crippen LogP contribution in [0.3, 0.4) is 0 Å². The highest BCUT2D eigenvalue weighted by Crippen LogP contribution is 2.28. The van der Waals surface area contributed by atoms with Crippen molar-refractivity contribution in [3.05, 3.63) is 51.2 Å². The Bertz CT molecular complexity index is 899. The molecule has 1 saturated heterocycles. The summed E-state index contributed by atoms with van der Waals surface area (Å²) in [6, 6.07) is 10.2. The average Bonchev–Trinajstić information content (AvgIpc) is 3.31. The minimum atomic E-state index is -0.0353. The molecular weight excluding hydrogens is 366 g/mol. The molecule has 4 rings (SSSR count). The summed E-state index contributed by atoms with van der Waals surface area (Å²) in [5.41, 5.74) is 3.43. The summed E-state index contributed by atoms with van der Waals surface area (Å²) in [5.74, 6) is -0.0353. The first kappa shape index (κ1) is 17.6. The van der Waals surface area contributed by atoms with E-state index in [9.17, 15) is 4.79 Å². The second-order valence-corrected chi connectivity index (χ2v) is 8.56. The fourth-order valence-corrected chi connectivity index (χ4v) is 4.95. The first-order valence-electron chi connectivity index (χ1n) is 8.70. The molecule has 1 atom stereocenters. The molecule has 1 amide bonds. The van der Waals surface area contributed by atoms with Crippen LogP contribution >= 0.6 is 22.7 Å². The Balaban J connectivity index is 1.48. The van der Waals surface area contributed by atoms with Crippen molar-refractivity contribution in [2.75, 3.05) is 32.8 Å². The van der Waals surface area contributed by atoms with E-state index in [1.807, 2.05) is 18.2 Å². The van der Waals surface area contributed by atoms with Gasteiger partial charge in [-0.15, -0.1) is 22.7 Å². The predicted molar refractivity (Wildman–Crippen MR) is 106 cm³/mol. The zero-order valence-electron chi connectivity index (χ0n) is 14.6. The number of hydrogen-bond donors (Lipinski definition) is 1. The van der Waals surface area contributed by atoms with Gasteiger partial charge in [-0.2, -0.15) is 0 Å². The van der Waals surface area contributed by atoms with E-state index in [1.165, 1.54) is 9.75 Å². The number of nitrogens with zero attached hydrogens (tertiary/aromatic N) is 2. The number of carbonyl (C=O) groups excluding carboxylic acids is 1. The van der Waals surface area contributed by atoms with Crippen LogP contribution in [0.2, 0.25) is 0 Å². The van der Waals surface area contributed by atoms with Crippen LogP contribution in [-0.4, -0.2) is 48.6 Å². The zero-order chi connectivity index (χ0) is 17.9. The van der Waals surface area contributed by atoms with Gasteiger partial charge in [-0.05, 0) is 37.3 Å². The highest BCUT2D eigenvalue weighted by atomic mass is 32.1. The third-order valence-corrected chi connectivity index (χ3v) is 6.52. The number of rotatable bonds is 5. The average molecular weight is 388 g/mol. The molecule has 7 heteroatoms. The van der Waals surface area contributed by atoms with Crippen molar-refractivity contribution >= 4 is 38.8 Å². The number of ether oxygens (including phenoxy) is 1. The summed E-state index contributed by atoms with van der Waals surface area (Å²) in [7, 11) is 0. The summed E-state index contributed by atoms with van der Waals surface area (Å²) in [6.07, 6.45) is 0. The Kier molecular flexibility index (Phi) is 5.31. The van der Waals surface area contributed by atoms with Crippen LogP contribution in [0.4, 0.5) is 0 Å². The summed E-state index contributed by atoms with van der Waals surface area (Å²) in [6.45, 7) is 6.00. The molecule has 0 spiro atoms. The van der Waals surface area contributed by atoms with Crippen LogP contribution in [0.15, 0.2) is 35.8 Å². The lowest BCUT2D eigenvalue weighted by atomic mass is 10.1. The van der Waals surface area contributed by atoms with Gasteiger partial charge in [-0.3, -0.25) is 9.69 Å². The molecule has 136 valence electrons. The van der Waals surface area contributed by atoms with E-state index >= 15 is 0 Å². The summed E-state index contributed by atoms with van der Waals surface area (Å²) < 4.78 is 6.53. The molecule has 1 aliphatic rings. The molecule has 26 heavy (non-hydrogen) atoms. The number of fused-ring (bicyclic) bond motifs is 1. The van der Waals surface area contributed by atoms with E-state index < -0.39 is 0 Å². The fraction of sp³-hybridized carbons (Fsp3) is 0.368. The monoisotopic (exact) mass is 387 g/mol. The van der Waals surface area contributed by atoms with E-state index in [1.54, 1.807) is 28.2 Å². The molecule has 0 aliphatic carbocycles. The largest absolute Gasteiger partial charge is 0.379 e. The molecule has 2 aromatic heterocycles. The SMILES string of the molecule is Cc1ccc(C(CNC(=O)c2ccc3ncsc3c2)N2CCOCC2)s1. The molecule has 1 unspecified atom stereocenters. The summed E-state index contributed by atoms with van der Waals surface area (Å²) in [4.78, 5) is 21.9. The zero-order valence-corrected chi connectivity index (χ0v) is 16.2. The van der Waals surface area contributed by atoms with Crippen molar-refractivity contribution < 1.29 is 9.53 Å². The van der Waals surface area contributed by atoms with Gasteiger partial charge in [-0.1, -0.05) is 0 Å². The van der Waals surface area contributed by atoms with Gasteiger partial charge in [-0.25, -0.2) is 4.98 Å². The van der Waals surface area contributed by atoms with E-state index in [0.29, 0.717) is 12.1 Å². The first-order valence-corrected chi connectivity index (χ1v) is 10.4. The number of aromatic nitrogens is 1. The topological polar surface area (TPSA) is 54.5 Å². The Morgan fingerprint density at radius 1 is 1.31 bits per heavy atom. The molecule has 1 N–H and O–H groups in total. The van der Waals surface area contributed by atoms with E-state index in [4.69, 9.17) is 4.74 Å². The maximum Gasteiger partial charge on any atom is 0.251 e. The second kappa shape index (κ2) is 7.84. The van der Waals surface area contributed by atoms with Crippen LogP contribution in [0.25, 0.3) is 10.2 Å². The third kappa shape index (κ3) is 3.81. The third-order valence-electron chi connectivity index (χ3n) is 4.63. The number of nitrogens with one attached hydrogen (secondary N) is 1. The molecule has 1 fully saturated rings. The van der Waals surface area contributed by atoms with Crippen molar-refractivity contribution in [2.45, 2.75) is 13.0 Å². The van der Waals surface area contributed by atoms with Crippen LogP contribution in [0.5, 0.6) is 0 Å².